The minimum absolute atomic E-state index is 0.0127. The first-order valence-electron chi connectivity index (χ1n) is 6.89. The number of esters is 1. The Labute approximate surface area is 123 Å². The number of ether oxygens (including phenoxy) is 2. The van der Waals surface area contributed by atoms with Gasteiger partial charge in [0.25, 0.3) is 0 Å². The molecule has 1 aliphatic rings. The molecule has 1 aromatic rings. The second-order valence-corrected chi connectivity index (χ2v) is 5.03. The Hall–Kier alpha value is -2.08. The van der Waals surface area contributed by atoms with Gasteiger partial charge in [-0.2, -0.15) is 0 Å². The number of amides is 1. The highest BCUT2D eigenvalue weighted by Gasteiger charge is 2.26. The summed E-state index contributed by atoms with van der Waals surface area (Å²) in [7, 11) is 1.34. The largest absolute Gasteiger partial charge is 0.469 e. The van der Waals surface area contributed by atoms with Crippen LogP contribution in [0.3, 0.4) is 0 Å². The first kappa shape index (κ1) is 15.3. The van der Waals surface area contributed by atoms with E-state index in [9.17, 15) is 9.59 Å². The Bertz CT molecular complexity index is 518. The zero-order valence-corrected chi connectivity index (χ0v) is 12.1. The molecule has 6 nitrogen and oxygen atoms in total. The molecule has 0 aliphatic carbocycles. The lowest BCUT2D eigenvalue weighted by Crippen LogP contribution is -2.46. The second-order valence-electron chi connectivity index (χ2n) is 5.03. The summed E-state index contributed by atoms with van der Waals surface area (Å²) in [5.41, 5.74) is 7.24. The smallest absolute Gasteiger partial charge is 0.308 e. The van der Waals surface area contributed by atoms with Crippen molar-refractivity contribution in [3.63, 3.8) is 0 Å². The molecule has 1 aliphatic heterocycles. The standard InChI is InChI=1S/C15H20N2O4/c1-20-15(19)9-13-10-17(5-6-21-13)14(18)8-11-3-2-4-12(16)7-11/h2-4,7,13H,5-6,8-10,16H2,1H3. The second kappa shape index (κ2) is 7.08. The fourth-order valence-electron chi connectivity index (χ4n) is 2.33. The first-order valence-corrected chi connectivity index (χ1v) is 6.89. The number of anilines is 1. The van der Waals surface area contributed by atoms with Gasteiger partial charge in [-0.05, 0) is 17.7 Å². The number of hydrogen-bond donors (Lipinski definition) is 1. The Morgan fingerprint density at radius 3 is 3.00 bits per heavy atom. The van der Waals surface area contributed by atoms with Gasteiger partial charge >= 0.3 is 5.97 Å². The molecule has 0 radical (unpaired) electrons. The molecule has 1 amide bonds. The van der Waals surface area contributed by atoms with E-state index in [0.717, 1.165) is 5.56 Å². The van der Waals surface area contributed by atoms with Gasteiger partial charge in [0.1, 0.15) is 0 Å². The van der Waals surface area contributed by atoms with E-state index in [4.69, 9.17) is 10.5 Å². The number of carbonyl (C=O) groups is 2. The van der Waals surface area contributed by atoms with Gasteiger partial charge in [0, 0.05) is 18.8 Å². The van der Waals surface area contributed by atoms with Crippen LogP contribution in [0, 0.1) is 0 Å². The van der Waals surface area contributed by atoms with E-state index in [1.165, 1.54) is 7.11 Å². The number of methoxy groups -OCH3 is 1. The summed E-state index contributed by atoms with van der Waals surface area (Å²) in [6.45, 7) is 1.39. The molecular weight excluding hydrogens is 272 g/mol. The molecule has 2 rings (SSSR count). The number of rotatable bonds is 4. The number of nitrogen functional groups attached to an aromatic ring is 1. The van der Waals surface area contributed by atoms with Gasteiger partial charge < -0.3 is 20.1 Å². The highest BCUT2D eigenvalue weighted by Crippen LogP contribution is 2.13. The third-order valence-corrected chi connectivity index (χ3v) is 3.42. The molecule has 0 bridgehead atoms. The predicted molar refractivity (Wildman–Crippen MR) is 77.5 cm³/mol. The van der Waals surface area contributed by atoms with Crippen molar-refractivity contribution in [3.8, 4) is 0 Å². The molecule has 114 valence electrons. The maximum atomic E-state index is 12.3. The topological polar surface area (TPSA) is 81.9 Å². The summed E-state index contributed by atoms with van der Waals surface area (Å²) in [4.78, 5) is 25.3. The maximum absolute atomic E-state index is 12.3. The van der Waals surface area contributed by atoms with Crippen LogP contribution in [0.2, 0.25) is 0 Å². The van der Waals surface area contributed by atoms with Crippen molar-refractivity contribution in [1.29, 1.82) is 0 Å². The summed E-state index contributed by atoms with van der Waals surface area (Å²) < 4.78 is 10.1. The van der Waals surface area contributed by atoms with Gasteiger partial charge in [0.2, 0.25) is 5.91 Å². The van der Waals surface area contributed by atoms with Crippen molar-refractivity contribution in [3.05, 3.63) is 29.8 Å². The van der Waals surface area contributed by atoms with Crippen LogP contribution in [0.4, 0.5) is 5.69 Å². The lowest BCUT2D eigenvalue weighted by molar-refractivity contribution is -0.149. The molecule has 6 heteroatoms. The molecule has 21 heavy (non-hydrogen) atoms. The van der Waals surface area contributed by atoms with Crippen molar-refractivity contribution in [1.82, 2.24) is 4.90 Å². The zero-order chi connectivity index (χ0) is 15.2. The average molecular weight is 292 g/mol. The van der Waals surface area contributed by atoms with Crippen molar-refractivity contribution < 1.29 is 19.1 Å². The zero-order valence-electron chi connectivity index (χ0n) is 12.1. The van der Waals surface area contributed by atoms with Gasteiger partial charge in [0.15, 0.2) is 0 Å². The molecule has 1 unspecified atom stereocenters. The van der Waals surface area contributed by atoms with Crippen LogP contribution in [-0.2, 0) is 25.5 Å². The number of nitrogens with two attached hydrogens (primary N) is 1. The quantitative estimate of drug-likeness (QED) is 0.649. The van der Waals surface area contributed by atoms with Crippen molar-refractivity contribution >= 4 is 17.6 Å². The van der Waals surface area contributed by atoms with Crippen molar-refractivity contribution in [2.75, 3.05) is 32.5 Å². The predicted octanol–water partition coefficient (Wildman–Crippen LogP) is 0.602. The number of hydrogen-bond acceptors (Lipinski definition) is 5. The van der Waals surface area contributed by atoms with E-state index in [1.54, 1.807) is 17.0 Å². The van der Waals surface area contributed by atoms with Gasteiger partial charge in [-0.1, -0.05) is 12.1 Å². The van der Waals surface area contributed by atoms with Crippen LogP contribution >= 0.6 is 0 Å². The highest BCUT2D eigenvalue weighted by molar-refractivity contribution is 5.79. The molecule has 1 saturated heterocycles. The third kappa shape index (κ3) is 4.46. The molecule has 1 heterocycles. The van der Waals surface area contributed by atoms with E-state index in [1.807, 2.05) is 12.1 Å². The van der Waals surface area contributed by atoms with Crippen molar-refractivity contribution in [2.24, 2.45) is 0 Å². The summed E-state index contributed by atoms with van der Waals surface area (Å²) >= 11 is 0. The molecule has 1 aromatic carbocycles. The van der Waals surface area contributed by atoms with E-state index < -0.39 is 0 Å². The van der Waals surface area contributed by atoms with Crippen LogP contribution in [0.5, 0.6) is 0 Å². The Morgan fingerprint density at radius 2 is 2.29 bits per heavy atom. The summed E-state index contributed by atoms with van der Waals surface area (Å²) in [5, 5.41) is 0. The van der Waals surface area contributed by atoms with E-state index >= 15 is 0 Å². The molecule has 0 spiro atoms. The Morgan fingerprint density at radius 1 is 1.48 bits per heavy atom. The van der Waals surface area contributed by atoms with E-state index in [0.29, 0.717) is 31.8 Å². The van der Waals surface area contributed by atoms with E-state index in [-0.39, 0.29) is 24.4 Å². The minimum Gasteiger partial charge on any atom is -0.469 e. The van der Waals surface area contributed by atoms with Crippen LogP contribution in [0.25, 0.3) is 0 Å². The summed E-state index contributed by atoms with van der Waals surface area (Å²) in [6.07, 6.45) is 0.171. The number of morpholine rings is 1. The average Bonchev–Trinajstić information content (AvgIpc) is 2.47. The molecule has 1 fully saturated rings. The van der Waals surface area contributed by atoms with E-state index in [2.05, 4.69) is 4.74 Å². The molecule has 2 N–H and O–H groups in total. The normalized spacial score (nSPS) is 18.3. The molecule has 1 atom stereocenters. The molecular formula is C15H20N2O4. The first-order chi connectivity index (χ1) is 10.1. The minimum atomic E-state index is -0.329. The monoisotopic (exact) mass is 292 g/mol. The van der Waals surface area contributed by atoms with Gasteiger partial charge in [-0.3, -0.25) is 9.59 Å². The fourth-order valence-corrected chi connectivity index (χ4v) is 2.33. The molecule has 0 aromatic heterocycles. The van der Waals surface area contributed by atoms with Crippen LogP contribution in [0.1, 0.15) is 12.0 Å². The van der Waals surface area contributed by atoms with Crippen LogP contribution < -0.4 is 5.73 Å². The van der Waals surface area contributed by atoms with Crippen LogP contribution in [-0.4, -0.2) is 49.7 Å². The lowest BCUT2D eigenvalue weighted by atomic mass is 10.1. The Kier molecular flexibility index (Phi) is 5.16. The SMILES string of the molecule is COC(=O)CC1CN(C(=O)Cc2cccc(N)c2)CCO1. The maximum Gasteiger partial charge on any atom is 0.308 e. The van der Waals surface area contributed by atoms with Gasteiger partial charge in [0.05, 0.1) is 32.7 Å². The molecule has 0 saturated carbocycles. The number of benzene rings is 1. The third-order valence-electron chi connectivity index (χ3n) is 3.42. The van der Waals surface area contributed by atoms with Crippen LogP contribution in [0.15, 0.2) is 24.3 Å². The highest BCUT2D eigenvalue weighted by atomic mass is 16.5. The summed E-state index contributed by atoms with van der Waals surface area (Å²) in [5.74, 6) is -0.316. The lowest BCUT2D eigenvalue weighted by Gasteiger charge is -2.32. The van der Waals surface area contributed by atoms with Gasteiger partial charge in [-0.15, -0.1) is 0 Å². The number of carbonyl (C=O) groups excluding carboxylic acids is 2. The number of nitrogens with zero attached hydrogens (tertiary/aromatic N) is 1. The van der Waals surface area contributed by atoms with Crippen molar-refractivity contribution in [2.45, 2.75) is 18.9 Å². The summed E-state index contributed by atoms with van der Waals surface area (Å²) in [6, 6.07) is 7.29. The van der Waals surface area contributed by atoms with Gasteiger partial charge in [-0.25, -0.2) is 0 Å². The Balaban J connectivity index is 1.91. The fraction of sp³-hybridized carbons (Fsp3) is 0.467.